The summed E-state index contributed by atoms with van der Waals surface area (Å²) in [5.41, 5.74) is 1.97. The molecule has 1 amide bonds. The van der Waals surface area contributed by atoms with Crippen molar-refractivity contribution in [1.29, 1.82) is 0 Å². The van der Waals surface area contributed by atoms with Gasteiger partial charge in [0.1, 0.15) is 5.60 Å². The van der Waals surface area contributed by atoms with E-state index >= 15 is 0 Å². The zero-order valence-electron chi connectivity index (χ0n) is 11.1. The average Bonchev–Trinajstić information content (AvgIpc) is 2.67. The van der Waals surface area contributed by atoms with E-state index in [-0.39, 0.29) is 6.09 Å². The lowest BCUT2D eigenvalue weighted by atomic mass is 10.0. The number of nitrogens with one attached hydrogen (secondary N) is 2. The maximum absolute atomic E-state index is 11.6. The number of anilines is 1. The molecule has 0 aliphatic carbocycles. The molecule has 1 heterocycles. The van der Waals surface area contributed by atoms with Crippen LogP contribution < -0.4 is 10.6 Å². The molecule has 1 aromatic carbocycles. The summed E-state index contributed by atoms with van der Waals surface area (Å²) >= 11 is 0. The summed E-state index contributed by atoms with van der Waals surface area (Å²) in [5, 5.41) is 6.15. The normalized spacial score (nSPS) is 17.8. The quantitative estimate of drug-likeness (QED) is 0.846. The first kappa shape index (κ1) is 12.7. The number of hydrogen-bond donors (Lipinski definition) is 2. The second kappa shape index (κ2) is 4.88. The van der Waals surface area contributed by atoms with E-state index in [1.54, 1.807) is 0 Å². The molecule has 4 nitrogen and oxygen atoms in total. The lowest BCUT2D eigenvalue weighted by Gasteiger charge is -2.20. The smallest absolute Gasteiger partial charge is 0.407 e. The van der Waals surface area contributed by atoms with Gasteiger partial charge in [0.05, 0.1) is 0 Å². The number of fused-ring (bicyclic) bond motifs is 1. The van der Waals surface area contributed by atoms with E-state index in [9.17, 15) is 4.79 Å². The van der Waals surface area contributed by atoms with Crippen molar-refractivity contribution in [2.45, 2.75) is 32.3 Å². The SMILES string of the molecule is CC(C)(C)OC(=O)NCC1CNc2ccccc21. The van der Waals surface area contributed by atoms with Crippen LogP contribution in [0.25, 0.3) is 0 Å². The number of ether oxygens (including phenoxy) is 1. The van der Waals surface area contributed by atoms with Gasteiger partial charge in [0.2, 0.25) is 0 Å². The van der Waals surface area contributed by atoms with Gasteiger partial charge in [-0.25, -0.2) is 4.79 Å². The van der Waals surface area contributed by atoms with Crippen molar-refractivity contribution >= 4 is 11.8 Å². The fourth-order valence-electron chi connectivity index (χ4n) is 2.06. The molecule has 2 rings (SSSR count). The van der Waals surface area contributed by atoms with E-state index in [0.29, 0.717) is 12.5 Å². The third kappa shape index (κ3) is 3.15. The van der Waals surface area contributed by atoms with E-state index in [0.717, 1.165) is 12.2 Å². The number of alkyl carbamates (subject to hydrolysis) is 1. The molecule has 0 radical (unpaired) electrons. The Morgan fingerprint density at radius 2 is 2.17 bits per heavy atom. The maximum atomic E-state index is 11.6. The summed E-state index contributed by atoms with van der Waals surface area (Å²) in [7, 11) is 0. The van der Waals surface area contributed by atoms with Gasteiger partial charge >= 0.3 is 6.09 Å². The fraction of sp³-hybridized carbons (Fsp3) is 0.500. The Labute approximate surface area is 108 Å². The molecule has 0 saturated carbocycles. The van der Waals surface area contributed by atoms with Crippen LogP contribution in [0.3, 0.4) is 0 Å². The van der Waals surface area contributed by atoms with Crippen molar-refractivity contribution in [3.8, 4) is 0 Å². The fourth-order valence-corrected chi connectivity index (χ4v) is 2.06. The lowest BCUT2D eigenvalue weighted by molar-refractivity contribution is 0.0525. The van der Waals surface area contributed by atoms with E-state index < -0.39 is 5.60 Å². The monoisotopic (exact) mass is 248 g/mol. The van der Waals surface area contributed by atoms with Crippen molar-refractivity contribution in [2.24, 2.45) is 0 Å². The molecule has 98 valence electrons. The number of para-hydroxylation sites is 1. The molecule has 1 unspecified atom stereocenters. The molecule has 18 heavy (non-hydrogen) atoms. The molecule has 1 atom stereocenters. The van der Waals surface area contributed by atoms with Gasteiger partial charge in [-0.15, -0.1) is 0 Å². The standard InChI is InChI=1S/C14H20N2O2/c1-14(2,3)18-13(17)16-9-10-8-15-12-7-5-4-6-11(10)12/h4-7,10,15H,8-9H2,1-3H3,(H,16,17). The highest BCUT2D eigenvalue weighted by Gasteiger charge is 2.23. The molecule has 0 aromatic heterocycles. The zero-order chi connectivity index (χ0) is 13.2. The van der Waals surface area contributed by atoms with Gasteiger partial charge in [0.15, 0.2) is 0 Å². The highest BCUT2D eigenvalue weighted by Crippen LogP contribution is 2.30. The average molecular weight is 248 g/mol. The second-order valence-corrected chi connectivity index (χ2v) is 5.55. The van der Waals surface area contributed by atoms with Crippen molar-refractivity contribution in [2.75, 3.05) is 18.4 Å². The van der Waals surface area contributed by atoms with Gasteiger partial charge < -0.3 is 15.4 Å². The number of benzene rings is 1. The van der Waals surface area contributed by atoms with Crippen molar-refractivity contribution in [3.05, 3.63) is 29.8 Å². The summed E-state index contributed by atoms with van der Waals surface area (Å²) in [6, 6.07) is 8.18. The Morgan fingerprint density at radius 1 is 1.44 bits per heavy atom. The van der Waals surface area contributed by atoms with Crippen LogP contribution in [0.5, 0.6) is 0 Å². The van der Waals surface area contributed by atoms with E-state index in [1.165, 1.54) is 5.56 Å². The number of amides is 1. The minimum Gasteiger partial charge on any atom is -0.444 e. The molecule has 1 aliphatic rings. The third-order valence-corrected chi connectivity index (χ3v) is 2.83. The Balaban J connectivity index is 1.87. The third-order valence-electron chi connectivity index (χ3n) is 2.83. The number of hydrogen-bond acceptors (Lipinski definition) is 3. The van der Waals surface area contributed by atoms with Crippen LogP contribution in [-0.2, 0) is 4.74 Å². The van der Waals surface area contributed by atoms with E-state index in [4.69, 9.17) is 4.74 Å². The molecular weight excluding hydrogens is 228 g/mol. The number of carbonyl (C=O) groups excluding carboxylic acids is 1. The first-order chi connectivity index (χ1) is 8.46. The Bertz CT molecular complexity index is 438. The van der Waals surface area contributed by atoms with Crippen LogP contribution in [0.4, 0.5) is 10.5 Å². The van der Waals surface area contributed by atoms with Crippen molar-refractivity contribution in [3.63, 3.8) is 0 Å². The first-order valence-electron chi connectivity index (χ1n) is 6.25. The number of rotatable bonds is 2. The number of carbonyl (C=O) groups is 1. The van der Waals surface area contributed by atoms with Gasteiger partial charge in [-0.2, -0.15) is 0 Å². The lowest BCUT2D eigenvalue weighted by Crippen LogP contribution is -2.35. The van der Waals surface area contributed by atoms with Gasteiger partial charge in [-0.3, -0.25) is 0 Å². The molecule has 4 heteroatoms. The minimum absolute atomic E-state index is 0.314. The summed E-state index contributed by atoms with van der Waals surface area (Å²) in [6.07, 6.45) is -0.355. The largest absolute Gasteiger partial charge is 0.444 e. The highest BCUT2D eigenvalue weighted by molar-refractivity contribution is 5.68. The van der Waals surface area contributed by atoms with E-state index in [2.05, 4.69) is 22.8 Å². The highest BCUT2D eigenvalue weighted by atomic mass is 16.6. The van der Waals surface area contributed by atoms with Crippen LogP contribution in [0.15, 0.2) is 24.3 Å². The summed E-state index contributed by atoms with van der Waals surface area (Å²) in [6.45, 7) is 7.03. The molecular formula is C14H20N2O2. The molecule has 1 aliphatic heterocycles. The summed E-state index contributed by atoms with van der Waals surface area (Å²) < 4.78 is 5.22. The second-order valence-electron chi connectivity index (χ2n) is 5.55. The molecule has 0 bridgehead atoms. The van der Waals surface area contributed by atoms with Crippen LogP contribution in [0, 0.1) is 0 Å². The molecule has 0 spiro atoms. The Morgan fingerprint density at radius 3 is 2.89 bits per heavy atom. The molecule has 0 saturated heterocycles. The van der Waals surface area contributed by atoms with Crippen LogP contribution in [0.1, 0.15) is 32.3 Å². The van der Waals surface area contributed by atoms with E-state index in [1.807, 2.05) is 32.9 Å². The predicted octanol–water partition coefficient (Wildman–Crippen LogP) is 2.72. The van der Waals surface area contributed by atoms with Gasteiger partial charge in [0, 0.05) is 24.7 Å². The summed E-state index contributed by atoms with van der Waals surface area (Å²) in [4.78, 5) is 11.6. The van der Waals surface area contributed by atoms with Crippen LogP contribution in [0.2, 0.25) is 0 Å². The zero-order valence-corrected chi connectivity index (χ0v) is 11.1. The molecule has 2 N–H and O–H groups in total. The summed E-state index contributed by atoms with van der Waals surface area (Å²) in [5.74, 6) is 0.314. The molecule has 1 aromatic rings. The van der Waals surface area contributed by atoms with Gasteiger partial charge in [-0.1, -0.05) is 18.2 Å². The predicted molar refractivity (Wildman–Crippen MR) is 71.9 cm³/mol. The van der Waals surface area contributed by atoms with Crippen molar-refractivity contribution < 1.29 is 9.53 Å². The van der Waals surface area contributed by atoms with Gasteiger partial charge in [-0.05, 0) is 32.4 Å². The Hall–Kier alpha value is -1.71. The van der Waals surface area contributed by atoms with Gasteiger partial charge in [0.25, 0.3) is 0 Å². The first-order valence-corrected chi connectivity index (χ1v) is 6.25. The molecule has 0 fully saturated rings. The minimum atomic E-state index is -0.448. The van der Waals surface area contributed by atoms with Crippen LogP contribution in [-0.4, -0.2) is 24.8 Å². The van der Waals surface area contributed by atoms with Crippen LogP contribution >= 0.6 is 0 Å². The topological polar surface area (TPSA) is 50.4 Å². The Kier molecular flexibility index (Phi) is 3.45. The maximum Gasteiger partial charge on any atom is 0.407 e. The van der Waals surface area contributed by atoms with Crippen molar-refractivity contribution in [1.82, 2.24) is 5.32 Å².